The Morgan fingerprint density at radius 3 is 2.73 bits per heavy atom. The molecule has 0 saturated heterocycles. The first-order valence-electron chi connectivity index (χ1n) is 3.79. The summed E-state index contributed by atoms with van der Waals surface area (Å²) < 4.78 is 0. The standard InChI is InChI=1S/C9H14O2/c1-3-8(2)6-4-5-7-9(10)11/h4H,3,5,7H2,1-2H3,(H,10,11). The van der Waals surface area contributed by atoms with Crippen LogP contribution in [0.4, 0.5) is 0 Å². The van der Waals surface area contributed by atoms with E-state index in [9.17, 15) is 4.79 Å². The van der Waals surface area contributed by atoms with E-state index in [4.69, 9.17) is 5.11 Å². The molecule has 0 amide bonds. The summed E-state index contributed by atoms with van der Waals surface area (Å²) in [5, 5.41) is 8.28. The summed E-state index contributed by atoms with van der Waals surface area (Å²) in [7, 11) is 0. The first-order chi connectivity index (χ1) is 5.16. The summed E-state index contributed by atoms with van der Waals surface area (Å²) >= 11 is 0. The van der Waals surface area contributed by atoms with Gasteiger partial charge in [0, 0.05) is 6.42 Å². The number of carboxylic acid groups (broad SMARTS) is 1. The Hall–Kier alpha value is -1.01. The average Bonchev–Trinajstić information content (AvgIpc) is 1.97. The van der Waals surface area contributed by atoms with Crippen LogP contribution in [-0.2, 0) is 4.79 Å². The lowest BCUT2D eigenvalue weighted by molar-refractivity contribution is -0.136. The highest BCUT2D eigenvalue weighted by Gasteiger charge is 1.90. The van der Waals surface area contributed by atoms with Gasteiger partial charge in [-0.05, 0) is 31.4 Å². The van der Waals surface area contributed by atoms with Crippen molar-refractivity contribution in [2.24, 2.45) is 0 Å². The minimum Gasteiger partial charge on any atom is -0.481 e. The van der Waals surface area contributed by atoms with Crippen LogP contribution < -0.4 is 0 Å². The van der Waals surface area contributed by atoms with Crippen molar-refractivity contribution in [1.82, 2.24) is 0 Å². The average molecular weight is 154 g/mol. The molecule has 0 fully saturated rings. The van der Waals surface area contributed by atoms with Crippen molar-refractivity contribution < 1.29 is 9.90 Å². The smallest absolute Gasteiger partial charge is 0.303 e. The predicted molar refractivity (Wildman–Crippen MR) is 44.4 cm³/mol. The van der Waals surface area contributed by atoms with Crippen LogP contribution in [0, 0.1) is 0 Å². The normalized spacial score (nSPS) is 8.55. The minimum atomic E-state index is -0.753. The maximum Gasteiger partial charge on any atom is 0.303 e. The van der Waals surface area contributed by atoms with E-state index in [2.05, 4.69) is 5.73 Å². The SMILES string of the molecule is CCC(C)=C=CCCC(=O)O. The van der Waals surface area contributed by atoms with Gasteiger partial charge >= 0.3 is 5.97 Å². The zero-order valence-corrected chi connectivity index (χ0v) is 7.05. The molecule has 0 aromatic rings. The van der Waals surface area contributed by atoms with Gasteiger partial charge in [-0.1, -0.05) is 6.92 Å². The molecule has 0 aromatic heterocycles. The number of allylic oxidation sites excluding steroid dienone is 1. The third-order valence-electron chi connectivity index (χ3n) is 1.38. The van der Waals surface area contributed by atoms with Crippen LogP contribution in [0.1, 0.15) is 33.1 Å². The van der Waals surface area contributed by atoms with E-state index in [0.717, 1.165) is 12.0 Å². The zero-order valence-electron chi connectivity index (χ0n) is 7.05. The maximum absolute atomic E-state index is 10.1. The van der Waals surface area contributed by atoms with Crippen molar-refractivity contribution in [2.45, 2.75) is 33.1 Å². The van der Waals surface area contributed by atoms with E-state index in [1.165, 1.54) is 0 Å². The molecule has 0 rings (SSSR count). The second kappa shape index (κ2) is 5.75. The third-order valence-corrected chi connectivity index (χ3v) is 1.38. The molecule has 62 valence electrons. The third kappa shape index (κ3) is 6.88. The first-order valence-corrected chi connectivity index (χ1v) is 3.79. The molecule has 0 aromatic carbocycles. The van der Waals surface area contributed by atoms with Crippen LogP contribution in [0.3, 0.4) is 0 Å². The lowest BCUT2D eigenvalue weighted by atomic mass is 10.2. The quantitative estimate of drug-likeness (QED) is 0.631. The Labute approximate surface area is 67.2 Å². The maximum atomic E-state index is 10.1. The van der Waals surface area contributed by atoms with Gasteiger partial charge < -0.3 is 5.11 Å². The fourth-order valence-corrected chi connectivity index (χ4v) is 0.544. The number of rotatable bonds is 4. The molecule has 2 heteroatoms. The molecule has 0 bridgehead atoms. The van der Waals surface area contributed by atoms with E-state index in [1.54, 1.807) is 6.08 Å². The molecule has 0 spiro atoms. The van der Waals surface area contributed by atoms with Gasteiger partial charge in [-0.3, -0.25) is 4.79 Å². The summed E-state index contributed by atoms with van der Waals surface area (Å²) in [6.07, 6.45) is 3.53. The van der Waals surface area contributed by atoms with Crippen LogP contribution in [0.2, 0.25) is 0 Å². The monoisotopic (exact) mass is 154 g/mol. The highest BCUT2D eigenvalue weighted by atomic mass is 16.4. The molecule has 0 atom stereocenters. The van der Waals surface area contributed by atoms with Gasteiger partial charge in [0.05, 0.1) is 0 Å². The fourth-order valence-electron chi connectivity index (χ4n) is 0.544. The number of carbonyl (C=O) groups is 1. The molecule has 0 aliphatic rings. The highest BCUT2D eigenvalue weighted by molar-refractivity contribution is 5.66. The Kier molecular flexibility index (Phi) is 5.22. The Morgan fingerprint density at radius 1 is 1.64 bits per heavy atom. The van der Waals surface area contributed by atoms with Crippen molar-refractivity contribution >= 4 is 5.97 Å². The van der Waals surface area contributed by atoms with Gasteiger partial charge in [-0.15, -0.1) is 5.73 Å². The first kappa shape index (κ1) is 9.99. The van der Waals surface area contributed by atoms with E-state index in [1.807, 2.05) is 13.8 Å². The summed E-state index contributed by atoms with van der Waals surface area (Å²) in [4.78, 5) is 10.1. The predicted octanol–water partition coefficient (Wildman–Crippen LogP) is 2.36. The summed E-state index contributed by atoms with van der Waals surface area (Å²) in [5.41, 5.74) is 4.18. The molecule has 0 saturated carbocycles. The van der Waals surface area contributed by atoms with E-state index in [0.29, 0.717) is 6.42 Å². The molecular weight excluding hydrogens is 140 g/mol. The van der Waals surface area contributed by atoms with E-state index in [-0.39, 0.29) is 6.42 Å². The van der Waals surface area contributed by atoms with Gasteiger partial charge in [0.25, 0.3) is 0 Å². The van der Waals surface area contributed by atoms with Gasteiger partial charge in [0.15, 0.2) is 0 Å². The summed E-state index contributed by atoms with van der Waals surface area (Å²) in [5.74, 6) is -0.753. The molecule has 0 heterocycles. The largest absolute Gasteiger partial charge is 0.481 e. The highest BCUT2D eigenvalue weighted by Crippen LogP contribution is 1.96. The number of hydrogen-bond acceptors (Lipinski definition) is 1. The molecular formula is C9H14O2. The van der Waals surface area contributed by atoms with Crippen molar-refractivity contribution in [1.29, 1.82) is 0 Å². The Morgan fingerprint density at radius 2 is 2.27 bits per heavy atom. The Balaban J connectivity index is 3.68. The van der Waals surface area contributed by atoms with Gasteiger partial charge in [0.1, 0.15) is 0 Å². The molecule has 1 N–H and O–H groups in total. The number of carboxylic acids is 1. The van der Waals surface area contributed by atoms with Crippen molar-refractivity contribution in [3.8, 4) is 0 Å². The topological polar surface area (TPSA) is 37.3 Å². The van der Waals surface area contributed by atoms with Crippen LogP contribution >= 0.6 is 0 Å². The minimum absolute atomic E-state index is 0.198. The molecule has 2 nitrogen and oxygen atoms in total. The number of aliphatic carboxylic acids is 1. The second-order valence-corrected chi connectivity index (χ2v) is 2.41. The van der Waals surface area contributed by atoms with E-state index >= 15 is 0 Å². The van der Waals surface area contributed by atoms with Gasteiger partial charge in [-0.2, -0.15) is 0 Å². The van der Waals surface area contributed by atoms with Crippen LogP contribution in [0.5, 0.6) is 0 Å². The molecule has 0 aliphatic carbocycles. The lowest BCUT2D eigenvalue weighted by Gasteiger charge is -1.86. The molecule has 11 heavy (non-hydrogen) atoms. The summed E-state index contributed by atoms with van der Waals surface area (Å²) in [6, 6.07) is 0. The number of hydrogen-bond donors (Lipinski definition) is 1. The van der Waals surface area contributed by atoms with Crippen molar-refractivity contribution in [2.75, 3.05) is 0 Å². The van der Waals surface area contributed by atoms with Crippen molar-refractivity contribution in [3.05, 3.63) is 17.4 Å². The molecule has 0 unspecified atom stereocenters. The van der Waals surface area contributed by atoms with Gasteiger partial charge in [-0.25, -0.2) is 0 Å². The van der Waals surface area contributed by atoms with E-state index < -0.39 is 5.97 Å². The lowest BCUT2D eigenvalue weighted by Crippen LogP contribution is -1.91. The van der Waals surface area contributed by atoms with Gasteiger partial charge in [0.2, 0.25) is 0 Å². The van der Waals surface area contributed by atoms with Crippen molar-refractivity contribution in [3.63, 3.8) is 0 Å². The van der Waals surface area contributed by atoms with Crippen LogP contribution in [0.15, 0.2) is 17.4 Å². The molecule has 0 radical (unpaired) electrons. The Bertz CT molecular complexity index is 186. The molecule has 0 aliphatic heterocycles. The van der Waals surface area contributed by atoms with Crippen LogP contribution in [0.25, 0.3) is 0 Å². The second-order valence-electron chi connectivity index (χ2n) is 2.41. The van der Waals surface area contributed by atoms with Crippen LogP contribution in [-0.4, -0.2) is 11.1 Å². The zero-order chi connectivity index (χ0) is 8.69. The summed E-state index contributed by atoms with van der Waals surface area (Å²) in [6.45, 7) is 4.03. The fraction of sp³-hybridized carbons (Fsp3) is 0.556.